The second-order valence-electron chi connectivity index (χ2n) is 6.10. The first-order valence-electron chi connectivity index (χ1n) is 7.74. The summed E-state index contributed by atoms with van der Waals surface area (Å²) >= 11 is 0. The van der Waals surface area contributed by atoms with E-state index in [0.717, 1.165) is 16.7 Å². The number of nitrogens with zero attached hydrogens (tertiary/aromatic N) is 1. The van der Waals surface area contributed by atoms with E-state index in [9.17, 15) is 18.6 Å². The minimum Gasteiger partial charge on any atom is -0.504 e. The summed E-state index contributed by atoms with van der Waals surface area (Å²) < 4.78 is 24.4. The number of phenolic OH excluding ortho intramolecular Hbond substituents is 2. The molecule has 1 aliphatic rings. The number of phenols is 2. The van der Waals surface area contributed by atoms with Crippen LogP contribution in [0.3, 0.4) is 0 Å². The number of hydrogen-bond donors (Lipinski definition) is 2. The van der Waals surface area contributed by atoms with Crippen molar-refractivity contribution in [3.05, 3.63) is 53.1 Å². The molecule has 24 heavy (non-hydrogen) atoms. The predicted molar refractivity (Wildman–Crippen MR) is 92.7 cm³/mol. The molecule has 0 unspecified atom stereocenters. The zero-order chi connectivity index (χ0) is 17.5. The third-order valence-electron chi connectivity index (χ3n) is 4.18. The van der Waals surface area contributed by atoms with Crippen molar-refractivity contribution < 1.29 is 18.6 Å². The van der Waals surface area contributed by atoms with Gasteiger partial charge in [0.15, 0.2) is 21.3 Å². The van der Waals surface area contributed by atoms with Gasteiger partial charge in [0.2, 0.25) is 0 Å². The van der Waals surface area contributed by atoms with Gasteiger partial charge in [-0.15, -0.1) is 0 Å². The van der Waals surface area contributed by atoms with Crippen LogP contribution < -0.4 is 0 Å². The van der Waals surface area contributed by atoms with Crippen molar-refractivity contribution in [1.82, 2.24) is 0 Å². The van der Waals surface area contributed by atoms with Crippen LogP contribution in [0, 0.1) is 0 Å². The van der Waals surface area contributed by atoms with Crippen molar-refractivity contribution in [2.24, 2.45) is 4.99 Å². The average Bonchev–Trinajstić information content (AvgIpc) is 2.55. The van der Waals surface area contributed by atoms with E-state index in [1.807, 2.05) is 0 Å². The van der Waals surface area contributed by atoms with Crippen LogP contribution in [-0.2, 0) is 16.3 Å². The molecule has 0 saturated carbocycles. The van der Waals surface area contributed by atoms with Crippen LogP contribution >= 0.6 is 0 Å². The lowest BCUT2D eigenvalue weighted by molar-refractivity contribution is 0.403. The largest absolute Gasteiger partial charge is 0.504 e. The highest BCUT2D eigenvalue weighted by molar-refractivity contribution is 7.92. The first-order chi connectivity index (χ1) is 11.3. The number of hydrogen-bond acceptors (Lipinski definition) is 5. The molecular weight excluding hydrogens is 326 g/mol. The smallest absolute Gasteiger partial charge is 0.180 e. The minimum atomic E-state index is -3.31. The second-order valence-corrected chi connectivity index (χ2v) is 8.60. The summed E-state index contributed by atoms with van der Waals surface area (Å²) in [5.74, 6) is -0.337. The Bertz CT molecular complexity index is 913. The molecule has 1 heterocycles. The Kier molecular flexibility index (Phi) is 4.09. The molecule has 0 radical (unpaired) electrons. The van der Waals surface area contributed by atoms with E-state index in [4.69, 9.17) is 0 Å². The Labute approximate surface area is 141 Å². The van der Waals surface area contributed by atoms with Gasteiger partial charge < -0.3 is 10.2 Å². The number of rotatable bonds is 3. The molecule has 5 nitrogen and oxygen atoms in total. The molecule has 0 atom stereocenters. The van der Waals surface area contributed by atoms with Gasteiger partial charge in [-0.1, -0.05) is 12.1 Å². The summed E-state index contributed by atoms with van der Waals surface area (Å²) in [6.45, 7) is 3.89. The van der Waals surface area contributed by atoms with Gasteiger partial charge in [-0.25, -0.2) is 8.42 Å². The lowest BCUT2D eigenvalue weighted by atomic mass is 9.93. The molecule has 0 saturated heterocycles. The Morgan fingerprint density at radius 3 is 2.29 bits per heavy atom. The molecular formula is C18H19NO4S. The summed E-state index contributed by atoms with van der Waals surface area (Å²) in [6.07, 6.45) is 0.687. The average molecular weight is 345 g/mol. The van der Waals surface area contributed by atoms with Crippen molar-refractivity contribution >= 4 is 15.5 Å². The van der Waals surface area contributed by atoms with Crippen molar-refractivity contribution in [3.63, 3.8) is 0 Å². The first kappa shape index (κ1) is 16.5. The molecule has 2 aromatic carbocycles. The lowest BCUT2D eigenvalue weighted by Gasteiger charge is -2.18. The highest BCUT2D eigenvalue weighted by Crippen LogP contribution is 2.32. The predicted octanol–water partition coefficient (Wildman–Crippen LogP) is 2.67. The highest BCUT2D eigenvalue weighted by Gasteiger charge is 2.21. The van der Waals surface area contributed by atoms with Gasteiger partial charge in [-0.3, -0.25) is 4.99 Å². The van der Waals surface area contributed by atoms with Crippen molar-refractivity contribution in [2.75, 3.05) is 6.54 Å². The molecule has 2 N–H and O–H groups in total. The zero-order valence-electron chi connectivity index (χ0n) is 13.5. The summed E-state index contributed by atoms with van der Waals surface area (Å²) in [4.78, 5) is 4.80. The van der Waals surface area contributed by atoms with Crippen LogP contribution in [0.4, 0.5) is 0 Å². The highest BCUT2D eigenvalue weighted by atomic mass is 32.2. The Morgan fingerprint density at radius 1 is 1.04 bits per heavy atom. The fraction of sp³-hybridized carbons (Fsp3) is 0.278. The van der Waals surface area contributed by atoms with E-state index in [1.54, 1.807) is 44.2 Å². The van der Waals surface area contributed by atoms with Crippen LogP contribution in [0.15, 0.2) is 46.3 Å². The van der Waals surface area contributed by atoms with E-state index in [2.05, 4.69) is 4.99 Å². The van der Waals surface area contributed by atoms with Gasteiger partial charge in [-0.2, -0.15) is 0 Å². The monoisotopic (exact) mass is 345 g/mol. The number of sulfone groups is 1. The number of aliphatic imine (C=N–C) groups is 1. The van der Waals surface area contributed by atoms with E-state index in [0.29, 0.717) is 18.7 Å². The molecule has 0 aliphatic carbocycles. The maximum atomic E-state index is 12.2. The fourth-order valence-corrected chi connectivity index (χ4v) is 3.80. The Balaban J connectivity index is 2.03. The third kappa shape index (κ3) is 2.78. The first-order valence-corrected chi connectivity index (χ1v) is 9.29. The third-order valence-corrected chi connectivity index (χ3v) is 6.35. The molecule has 0 spiro atoms. The number of aromatic hydroxyl groups is 2. The van der Waals surface area contributed by atoms with Gasteiger partial charge in [0.25, 0.3) is 0 Å². The lowest BCUT2D eigenvalue weighted by Crippen LogP contribution is -2.16. The number of benzene rings is 2. The van der Waals surface area contributed by atoms with E-state index in [-0.39, 0.29) is 16.4 Å². The van der Waals surface area contributed by atoms with Gasteiger partial charge in [-0.05, 0) is 50.1 Å². The molecule has 3 rings (SSSR count). The van der Waals surface area contributed by atoms with Gasteiger partial charge in [0, 0.05) is 17.7 Å². The van der Waals surface area contributed by atoms with Gasteiger partial charge in [0.1, 0.15) is 0 Å². The van der Waals surface area contributed by atoms with Gasteiger partial charge >= 0.3 is 0 Å². The summed E-state index contributed by atoms with van der Waals surface area (Å²) in [6, 6.07) is 9.68. The topological polar surface area (TPSA) is 87.0 Å². The van der Waals surface area contributed by atoms with Crippen LogP contribution in [0.5, 0.6) is 11.5 Å². The summed E-state index contributed by atoms with van der Waals surface area (Å²) in [7, 11) is -3.31. The quantitative estimate of drug-likeness (QED) is 0.837. The minimum absolute atomic E-state index is 0.145. The van der Waals surface area contributed by atoms with Gasteiger partial charge in [0.05, 0.1) is 15.9 Å². The van der Waals surface area contributed by atoms with Crippen LogP contribution in [0.2, 0.25) is 0 Å². The number of fused-ring (bicyclic) bond motifs is 1. The maximum Gasteiger partial charge on any atom is 0.180 e. The molecule has 0 fully saturated rings. The fourth-order valence-electron chi connectivity index (χ4n) is 2.74. The van der Waals surface area contributed by atoms with Crippen LogP contribution in [0.25, 0.3) is 0 Å². The molecule has 0 aromatic heterocycles. The van der Waals surface area contributed by atoms with E-state index >= 15 is 0 Å². The Hall–Kier alpha value is -2.34. The molecule has 0 bridgehead atoms. The summed E-state index contributed by atoms with van der Waals surface area (Å²) in [5, 5.41) is 18.9. The summed E-state index contributed by atoms with van der Waals surface area (Å²) in [5.41, 5.74) is 3.15. The van der Waals surface area contributed by atoms with Crippen molar-refractivity contribution in [1.29, 1.82) is 0 Å². The van der Waals surface area contributed by atoms with E-state index < -0.39 is 15.1 Å². The standard InChI is InChI=1S/C18H19NO4S/c1-11(2)24(22,23)14-5-3-12(4-6-14)18-15-10-17(21)16(20)9-13(15)7-8-19-18/h3-6,9-11,20-21H,7-8H2,1-2H3. The van der Waals surface area contributed by atoms with Crippen LogP contribution in [0.1, 0.15) is 30.5 Å². The van der Waals surface area contributed by atoms with E-state index in [1.165, 1.54) is 6.07 Å². The van der Waals surface area contributed by atoms with Crippen molar-refractivity contribution in [3.8, 4) is 11.5 Å². The zero-order valence-corrected chi connectivity index (χ0v) is 14.3. The molecule has 6 heteroatoms. The molecule has 2 aromatic rings. The maximum absolute atomic E-state index is 12.2. The SMILES string of the molecule is CC(C)S(=O)(=O)c1ccc(C2=NCCc3cc(O)c(O)cc32)cc1. The Morgan fingerprint density at radius 2 is 1.67 bits per heavy atom. The van der Waals surface area contributed by atoms with Crippen LogP contribution in [-0.4, -0.2) is 36.1 Å². The molecule has 0 amide bonds. The molecule has 126 valence electrons. The second kappa shape index (κ2) is 5.94. The van der Waals surface area contributed by atoms with Crippen molar-refractivity contribution in [2.45, 2.75) is 30.4 Å². The normalized spacial score (nSPS) is 14.4. The molecule has 1 aliphatic heterocycles.